The second-order valence-corrected chi connectivity index (χ2v) is 14.8. The molecule has 0 heterocycles. The molecule has 11 heteroatoms. The van der Waals surface area contributed by atoms with Crippen LogP contribution in [0, 0.1) is 0 Å². The average Bonchev–Trinajstić information content (AvgIpc) is 3.15. The van der Waals surface area contributed by atoms with Crippen LogP contribution >= 0.6 is 7.82 Å². The Morgan fingerprint density at radius 1 is 0.667 bits per heavy atom. The zero-order chi connectivity index (χ0) is 39.8. The molecular formula is C43H74NO9P. The standard InChI is InChI=1S/C43H74NO9P/c1-3-5-7-9-11-12-13-14-15-19-22-26-30-34-42(46)50-38-41(39-52-54(48,49)51-37-36-44)53-43(47)35-31-27-23-20-17-16-18-21-25-29-33-40(45)32-28-24-10-8-6-4-2/h6,8,16-17,21,23-25,27-29,33,40-41,45H,3-5,7,9-15,18-20,22,26,30-32,34-39,44H2,1-2H3,(H,48,49)/b8-6-,17-16-,25-21-,27-23-,28-24-,33-29+. The van der Waals surface area contributed by atoms with Crippen molar-refractivity contribution in [3.63, 3.8) is 0 Å². The van der Waals surface area contributed by atoms with E-state index in [1.807, 2.05) is 48.6 Å². The Labute approximate surface area is 327 Å². The second-order valence-electron chi connectivity index (χ2n) is 13.3. The number of esters is 2. The molecule has 0 aromatic carbocycles. The van der Waals surface area contributed by atoms with E-state index in [4.69, 9.17) is 24.3 Å². The number of ether oxygens (including phenoxy) is 2. The van der Waals surface area contributed by atoms with Crippen LogP contribution in [0.1, 0.15) is 149 Å². The Kier molecular flexibility index (Phi) is 36.8. The number of unbranched alkanes of at least 4 members (excludes halogenated alkanes) is 12. The van der Waals surface area contributed by atoms with Crippen LogP contribution < -0.4 is 5.73 Å². The minimum atomic E-state index is -4.41. The van der Waals surface area contributed by atoms with E-state index in [-0.39, 0.29) is 32.6 Å². The minimum Gasteiger partial charge on any atom is -0.462 e. The molecule has 0 aliphatic heterocycles. The topological polar surface area (TPSA) is 155 Å². The predicted octanol–water partition coefficient (Wildman–Crippen LogP) is 10.5. The molecule has 3 unspecified atom stereocenters. The zero-order valence-corrected chi connectivity index (χ0v) is 34.4. The van der Waals surface area contributed by atoms with Gasteiger partial charge in [-0.25, -0.2) is 4.57 Å². The van der Waals surface area contributed by atoms with E-state index in [1.54, 1.807) is 6.08 Å². The van der Waals surface area contributed by atoms with Crippen LogP contribution in [-0.2, 0) is 32.7 Å². The van der Waals surface area contributed by atoms with E-state index >= 15 is 0 Å². The Morgan fingerprint density at radius 2 is 1.24 bits per heavy atom. The first-order chi connectivity index (χ1) is 26.2. The largest absolute Gasteiger partial charge is 0.472 e. The van der Waals surface area contributed by atoms with E-state index in [9.17, 15) is 24.2 Å². The van der Waals surface area contributed by atoms with Crippen LogP contribution in [0.25, 0.3) is 0 Å². The van der Waals surface area contributed by atoms with Gasteiger partial charge in [-0.15, -0.1) is 0 Å². The zero-order valence-electron chi connectivity index (χ0n) is 33.5. The van der Waals surface area contributed by atoms with Gasteiger partial charge in [0.05, 0.1) is 19.3 Å². The molecule has 54 heavy (non-hydrogen) atoms. The highest BCUT2D eigenvalue weighted by molar-refractivity contribution is 7.47. The lowest BCUT2D eigenvalue weighted by Crippen LogP contribution is -2.29. The van der Waals surface area contributed by atoms with Crippen LogP contribution in [0.3, 0.4) is 0 Å². The van der Waals surface area contributed by atoms with E-state index in [0.717, 1.165) is 32.1 Å². The molecule has 310 valence electrons. The average molecular weight is 780 g/mol. The number of hydrogen-bond donors (Lipinski definition) is 3. The van der Waals surface area contributed by atoms with Gasteiger partial charge in [-0.05, 0) is 44.9 Å². The molecule has 0 aliphatic rings. The van der Waals surface area contributed by atoms with Gasteiger partial charge in [0.2, 0.25) is 0 Å². The highest BCUT2D eigenvalue weighted by atomic mass is 31.2. The maximum absolute atomic E-state index is 12.5. The van der Waals surface area contributed by atoms with Crippen LogP contribution in [-0.4, -0.2) is 60.5 Å². The van der Waals surface area contributed by atoms with Crippen LogP contribution in [0.15, 0.2) is 72.9 Å². The highest BCUT2D eigenvalue weighted by Crippen LogP contribution is 2.43. The van der Waals surface area contributed by atoms with Gasteiger partial charge < -0.3 is 25.2 Å². The normalized spacial score (nSPS) is 14.7. The first-order valence-electron chi connectivity index (χ1n) is 20.5. The molecule has 3 atom stereocenters. The molecule has 0 aliphatic carbocycles. The number of aliphatic hydroxyl groups is 1. The van der Waals surface area contributed by atoms with E-state index in [2.05, 4.69) is 32.1 Å². The van der Waals surface area contributed by atoms with Gasteiger partial charge >= 0.3 is 19.8 Å². The third-order valence-electron chi connectivity index (χ3n) is 8.20. The molecule has 4 N–H and O–H groups in total. The van der Waals surface area contributed by atoms with Crippen LogP contribution in [0.4, 0.5) is 0 Å². The number of carbonyl (C=O) groups is 2. The van der Waals surface area contributed by atoms with Gasteiger partial charge in [0, 0.05) is 19.4 Å². The smallest absolute Gasteiger partial charge is 0.462 e. The lowest BCUT2D eigenvalue weighted by atomic mass is 10.0. The van der Waals surface area contributed by atoms with Gasteiger partial charge in [0.25, 0.3) is 0 Å². The summed E-state index contributed by atoms with van der Waals surface area (Å²) >= 11 is 0. The highest BCUT2D eigenvalue weighted by Gasteiger charge is 2.25. The quantitative estimate of drug-likeness (QED) is 0.0182. The Balaban J connectivity index is 4.39. The van der Waals surface area contributed by atoms with Gasteiger partial charge in [-0.1, -0.05) is 164 Å². The molecular weight excluding hydrogens is 705 g/mol. The van der Waals surface area contributed by atoms with Crippen molar-refractivity contribution in [2.45, 2.75) is 161 Å². The summed E-state index contributed by atoms with van der Waals surface area (Å²) in [5.74, 6) is -0.961. The monoisotopic (exact) mass is 780 g/mol. The molecule has 0 fully saturated rings. The molecule has 0 spiro atoms. The number of hydrogen-bond acceptors (Lipinski definition) is 9. The molecule has 0 aromatic heterocycles. The molecule has 10 nitrogen and oxygen atoms in total. The fourth-order valence-corrected chi connectivity index (χ4v) is 5.92. The van der Waals surface area contributed by atoms with Crippen molar-refractivity contribution < 1.29 is 42.7 Å². The Morgan fingerprint density at radius 3 is 1.87 bits per heavy atom. The van der Waals surface area contributed by atoms with E-state index in [0.29, 0.717) is 25.7 Å². The second kappa shape index (κ2) is 38.7. The summed E-state index contributed by atoms with van der Waals surface area (Å²) in [6.45, 7) is 3.43. The summed E-state index contributed by atoms with van der Waals surface area (Å²) in [6.07, 6.45) is 42.6. The Hall–Kier alpha value is -2.59. The Bertz CT molecular complexity index is 1130. The number of phosphoric acid groups is 1. The number of allylic oxidation sites excluding steroid dienone is 10. The molecule has 0 saturated carbocycles. The molecule has 0 radical (unpaired) electrons. The number of rotatable bonds is 37. The summed E-state index contributed by atoms with van der Waals surface area (Å²) in [7, 11) is -4.41. The van der Waals surface area contributed by atoms with Crippen molar-refractivity contribution in [2.75, 3.05) is 26.4 Å². The molecule has 0 bridgehead atoms. The van der Waals surface area contributed by atoms with E-state index in [1.165, 1.54) is 64.2 Å². The lowest BCUT2D eigenvalue weighted by Gasteiger charge is -2.19. The van der Waals surface area contributed by atoms with Crippen molar-refractivity contribution in [1.29, 1.82) is 0 Å². The van der Waals surface area contributed by atoms with Gasteiger partial charge in [-0.3, -0.25) is 18.6 Å². The van der Waals surface area contributed by atoms with Gasteiger partial charge in [0.15, 0.2) is 6.10 Å². The maximum Gasteiger partial charge on any atom is 0.472 e. The lowest BCUT2D eigenvalue weighted by molar-refractivity contribution is -0.161. The summed E-state index contributed by atoms with van der Waals surface area (Å²) in [5, 5.41) is 9.99. The number of carbonyl (C=O) groups excluding carboxylic acids is 2. The summed E-state index contributed by atoms with van der Waals surface area (Å²) in [4.78, 5) is 34.7. The number of aliphatic hydroxyl groups excluding tert-OH is 1. The summed E-state index contributed by atoms with van der Waals surface area (Å²) in [6, 6.07) is 0. The van der Waals surface area contributed by atoms with E-state index < -0.39 is 38.6 Å². The minimum absolute atomic E-state index is 0.0310. The number of nitrogens with two attached hydrogens (primary N) is 1. The SMILES string of the molecule is CC/C=C\C/C=C\CC(O)/C=C/C=C\C/C=C\C/C=C\CCC(=O)OC(COC(=O)CCCCCCCCCCCCCCC)COP(=O)(O)OCCN. The summed E-state index contributed by atoms with van der Waals surface area (Å²) in [5.41, 5.74) is 5.33. The fourth-order valence-electron chi connectivity index (χ4n) is 5.16. The third-order valence-corrected chi connectivity index (χ3v) is 9.18. The van der Waals surface area contributed by atoms with Gasteiger partial charge in [0.1, 0.15) is 6.61 Å². The fraction of sp³-hybridized carbons (Fsp3) is 0.674. The first-order valence-corrected chi connectivity index (χ1v) is 22.0. The molecule has 0 aromatic rings. The molecule has 0 saturated heterocycles. The van der Waals surface area contributed by atoms with Crippen molar-refractivity contribution in [2.24, 2.45) is 5.73 Å². The van der Waals surface area contributed by atoms with Crippen LogP contribution in [0.2, 0.25) is 0 Å². The van der Waals surface area contributed by atoms with Crippen molar-refractivity contribution in [3.05, 3.63) is 72.9 Å². The molecule has 0 amide bonds. The van der Waals surface area contributed by atoms with Gasteiger partial charge in [-0.2, -0.15) is 0 Å². The van der Waals surface area contributed by atoms with Crippen molar-refractivity contribution in [1.82, 2.24) is 0 Å². The molecule has 0 rings (SSSR count). The number of phosphoric ester groups is 1. The van der Waals surface area contributed by atoms with Crippen LogP contribution in [0.5, 0.6) is 0 Å². The maximum atomic E-state index is 12.5. The van der Waals surface area contributed by atoms with Crippen molar-refractivity contribution >= 4 is 19.8 Å². The third kappa shape index (κ3) is 37.7. The summed E-state index contributed by atoms with van der Waals surface area (Å²) < 4.78 is 32.6. The predicted molar refractivity (Wildman–Crippen MR) is 221 cm³/mol. The first kappa shape index (κ1) is 51.4. The van der Waals surface area contributed by atoms with Crippen molar-refractivity contribution in [3.8, 4) is 0 Å².